The Morgan fingerprint density at radius 1 is 1.16 bits per heavy atom. The van der Waals surface area contributed by atoms with Crippen molar-refractivity contribution in [3.8, 4) is 0 Å². The number of nitrogens with one attached hydrogen (secondary N) is 1. The van der Waals surface area contributed by atoms with E-state index in [0.29, 0.717) is 19.6 Å². The van der Waals surface area contributed by atoms with Crippen LogP contribution in [-0.4, -0.2) is 41.4 Å². The number of imidazole rings is 1. The van der Waals surface area contributed by atoms with Crippen LogP contribution in [0.5, 0.6) is 0 Å². The molecule has 9 heteroatoms. The van der Waals surface area contributed by atoms with E-state index in [0.717, 1.165) is 20.5 Å². The maximum atomic E-state index is 13.5. The Kier molecular flexibility index (Phi) is 5.58. The van der Waals surface area contributed by atoms with E-state index in [9.17, 15) is 12.8 Å². The van der Waals surface area contributed by atoms with Crippen LogP contribution in [0.25, 0.3) is 10.1 Å². The molecule has 2 atom stereocenters. The van der Waals surface area contributed by atoms with Crippen molar-refractivity contribution in [2.45, 2.75) is 23.5 Å². The quantitative estimate of drug-likeness (QED) is 0.466. The zero-order valence-electron chi connectivity index (χ0n) is 17.5. The molecule has 5 rings (SSSR count). The molecule has 0 saturated carbocycles. The lowest BCUT2D eigenvalue weighted by atomic mass is 9.94. The van der Waals surface area contributed by atoms with Gasteiger partial charge >= 0.3 is 0 Å². The molecule has 4 aromatic rings. The average Bonchev–Trinajstić information content (AvgIpc) is 3.50. The number of sulfonamides is 1. The van der Waals surface area contributed by atoms with Gasteiger partial charge in [0.25, 0.3) is 10.0 Å². The molecule has 0 aliphatic carbocycles. The lowest BCUT2D eigenvalue weighted by molar-refractivity contribution is 0.454. The Morgan fingerprint density at radius 2 is 1.97 bits per heavy atom. The Morgan fingerprint density at radius 3 is 2.72 bits per heavy atom. The van der Waals surface area contributed by atoms with Gasteiger partial charge in [-0.05, 0) is 35.2 Å². The second-order valence-corrected chi connectivity index (χ2v) is 11.2. The Bertz CT molecular complexity index is 1350. The minimum atomic E-state index is -3.68. The van der Waals surface area contributed by atoms with Crippen molar-refractivity contribution in [1.82, 2.24) is 19.2 Å². The third-order valence-corrected chi connectivity index (χ3v) is 8.70. The Balaban J connectivity index is 1.39. The standard InChI is InChI=1S/C23H23FN4O2S2/c1-27-14-23(26-15-27)32(29,30)28-12-20(16-5-3-2-4-6-16)21(13-28)25-11-19-10-17-9-18(24)7-8-22(17)31-19/h2-10,14-15,20-21,25H,11-13H2,1H3. The third kappa shape index (κ3) is 4.09. The third-order valence-electron chi connectivity index (χ3n) is 5.87. The molecule has 0 amide bonds. The topological polar surface area (TPSA) is 67.2 Å². The zero-order chi connectivity index (χ0) is 22.3. The van der Waals surface area contributed by atoms with Gasteiger partial charge in [0.2, 0.25) is 0 Å². The molecule has 32 heavy (non-hydrogen) atoms. The van der Waals surface area contributed by atoms with Crippen LogP contribution in [0.1, 0.15) is 16.4 Å². The highest BCUT2D eigenvalue weighted by atomic mass is 32.2. The summed E-state index contributed by atoms with van der Waals surface area (Å²) in [5, 5.41) is 4.52. The van der Waals surface area contributed by atoms with Crippen LogP contribution in [-0.2, 0) is 23.6 Å². The molecule has 2 unspecified atom stereocenters. The summed E-state index contributed by atoms with van der Waals surface area (Å²) in [6.45, 7) is 1.34. The first-order valence-corrected chi connectivity index (χ1v) is 12.6. The summed E-state index contributed by atoms with van der Waals surface area (Å²) in [4.78, 5) is 5.15. The van der Waals surface area contributed by atoms with Gasteiger partial charge in [0, 0.05) is 54.4 Å². The van der Waals surface area contributed by atoms with Crippen LogP contribution in [0, 0.1) is 5.82 Å². The average molecular weight is 471 g/mol. The second-order valence-electron chi connectivity index (χ2n) is 8.10. The summed E-state index contributed by atoms with van der Waals surface area (Å²) in [7, 11) is -1.92. The van der Waals surface area contributed by atoms with Crippen molar-refractivity contribution in [2.24, 2.45) is 7.05 Å². The van der Waals surface area contributed by atoms with E-state index in [-0.39, 0.29) is 22.8 Å². The first kappa shape index (κ1) is 21.3. The first-order chi connectivity index (χ1) is 15.4. The van der Waals surface area contributed by atoms with E-state index in [1.807, 2.05) is 36.4 Å². The van der Waals surface area contributed by atoms with Gasteiger partial charge in [0.1, 0.15) is 5.82 Å². The number of rotatable bonds is 6. The van der Waals surface area contributed by atoms with E-state index in [4.69, 9.17) is 0 Å². The molecular formula is C23H23FN4O2S2. The van der Waals surface area contributed by atoms with Gasteiger partial charge in [-0.25, -0.2) is 17.8 Å². The fourth-order valence-electron chi connectivity index (χ4n) is 4.25. The summed E-state index contributed by atoms with van der Waals surface area (Å²) in [6, 6.07) is 16.7. The van der Waals surface area contributed by atoms with Crippen LogP contribution in [0.2, 0.25) is 0 Å². The molecule has 1 aliphatic rings. The molecule has 3 heterocycles. The number of halogens is 1. The van der Waals surface area contributed by atoms with Gasteiger partial charge in [-0.3, -0.25) is 0 Å². The monoisotopic (exact) mass is 470 g/mol. The fraction of sp³-hybridized carbons (Fsp3) is 0.261. The van der Waals surface area contributed by atoms with Crippen LogP contribution >= 0.6 is 11.3 Å². The molecule has 2 aromatic heterocycles. The molecule has 0 spiro atoms. The van der Waals surface area contributed by atoms with Gasteiger partial charge in [-0.15, -0.1) is 11.3 Å². The lowest BCUT2D eigenvalue weighted by Crippen LogP contribution is -2.36. The minimum Gasteiger partial charge on any atom is -0.339 e. The normalized spacial score (nSPS) is 19.7. The number of thiophene rings is 1. The van der Waals surface area contributed by atoms with Crippen LogP contribution in [0.3, 0.4) is 0 Å². The molecular weight excluding hydrogens is 447 g/mol. The number of hydrogen-bond acceptors (Lipinski definition) is 5. The first-order valence-electron chi connectivity index (χ1n) is 10.3. The highest BCUT2D eigenvalue weighted by molar-refractivity contribution is 7.89. The smallest absolute Gasteiger partial charge is 0.262 e. The fourth-order valence-corrected chi connectivity index (χ4v) is 6.70. The Labute approximate surface area is 190 Å². The Hall–Kier alpha value is -2.59. The number of benzene rings is 2. The van der Waals surface area contributed by atoms with Crippen LogP contribution in [0.4, 0.5) is 4.39 Å². The molecule has 1 N–H and O–H groups in total. The van der Waals surface area contributed by atoms with Gasteiger partial charge in [-0.1, -0.05) is 30.3 Å². The van der Waals surface area contributed by atoms with E-state index in [1.54, 1.807) is 35.1 Å². The van der Waals surface area contributed by atoms with Gasteiger partial charge < -0.3 is 9.88 Å². The summed E-state index contributed by atoms with van der Waals surface area (Å²) in [5.41, 5.74) is 1.10. The van der Waals surface area contributed by atoms with E-state index >= 15 is 0 Å². The van der Waals surface area contributed by atoms with Gasteiger partial charge in [-0.2, -0.15) is 4.31 Å². The second kappa shape index (κ2) is 8.40. The summed E-state index contributed by atoms with van der Waals surface area (Å²) >= 11 is 1.62. The number of aromatic nitrogens is 2. The van der Waals surface area contributed by atoms with Crippen LogP contribution < -0.4 is 5.32 Å². The number of fused-ring (bicyclic) bond motifs is 1. The van der Waals surface area contributed by atoms with Crippen molar-refractivity contribution < 1.29 is 12.8 Å². The molecule has 0 radical (unpaired) electrons. The molecule has 1 aliphatic heterocycles. The highest BCUT2D eigenvalue weighted by Gasteiger charge is 2.40. The highest BCUT2D eigenvalue weighted by Crippen LogP contribution is 2.32. The predicted molar refractivity (Wildman–Crippen MR) is 124 cm³/mol. The van der Waals surface area contributed by atoms with E-state index in [2.05, 4.69) is 10.3 Å². The minimum absolute atomic E-state index is 0.0153. The number of hydrogen-bond donors (Lipinski definition) is 1. The zero-order valence-corrected chi connectivity index (χ0v) is 19.1. The SMILES string of the molecule is Cn1cnc(S(=O)(=O)N2CC(NCc3cc4cc(F)ccc4s3)C(c3ccccc3)C2)c1. The van der Waals surface area contributed by atoms with Crippen molar-refractivity contribution in [2.75, 3.05) is 13.1 Å². The van der Waals surface area contributed by atoms with Crippen molar-refractivity contribution in [1.29, 1.82) is 0 Å². The predicted octanol–water partition coefficient (Wildman–Crippen LogP) is 3.72. The maximum Gasteiger partial charge on any atom is 0.262 e. The van der Waals surface area contributed by atoms with E-state index < -0.39 is 10.0 Å². The van der Waals surface area contributed by atoms with Crippen molar-refractivity contribution in [3.63, 3.8) is 0 Å². The van der Waals surface area contributed by atoms with Gasteiger partial charge in [0.15, 0.2) is 5.03 Å². The molecule has 1 fully saturated rings. The van der Waals surface area contributed by atoms with Crippen molar-refractivity contribution in [3.05, 3.63) is 83.4 Å². The number of aryl methyl sites for hydroxylation is 1. The number of nitrogens with zero attached hydrogens (tertiary/aromatic N) is 3. The van der Waals surface area contributed by atoms with Gasteiger partial charge in [0.05, 0.1) is 6.33 Å². The maximum absolute atomic E-state index is 13.5. The molecule has 166 valence electrons. The molecule has 6 nitrogen and oxygen atoms in total. The molecule has 1 saturated heterocycles. The lowest BCUT2D eigenvalue weighted by Gasteiger charge is -2.19. The largest absolute Gasteiger partial charge is 0.339 e. The van der Waals surface area contributed by atoms with E-state index in [1.165, 1.54) is 22.9 Å². The summed E-state index contributed by atoms with van der Waals surface area (Å²) in [5.74, 6) is -0.230. The van der Waals surface area contributed by atoms with Crippen LogP contribution in [0.15, 0.2) is 72.1 Å². The van der Waals surface area contributed by atoms with Crippen molar-refractivity contribution >= 4 is 31.4 Å². The summed E-state index contributed by atoms with van der Waals surface area (Å²) < 4.78 is 44.1. The molecule has 2 aromatic carbocycles. The summed E-state index contributed by atoms with van der Waals surface area (Å²) in [6.07, 6.45) is 3.03. The molecule has 0 bridgehead atoms.